The van der Waals surface area contributed by atoms with E-state index in [1.807, 2.05) is 65.7 Å². The van der Waals surface area contributed by atoms with Crippen molar-refractivity contribution in [2.45, 2.75) is 31.3 Å². The molecule has 2 heterocycles. The zero-order chi connectivity index (χ0) is 20.0. The maximum Gasteiger partial charge on any atom is 0.256 e. The van der Waals surface area contributed by atoms with Crippen molar-refractivity contribution in [3.63, 3.8) is 0 Å². The molecule has 1 saturated heterocycles. The SMILES string of the molecule is O=C(CC1C(=O)N(c2ccccc2)C(=S)N1C1CC1)Nc1ccc2cc[nH]c2c1. The summed E-state index contributed by atoms with van der Waals surface area (Å²) in [5, 5.41) is 4.50. The molecule has 146 valence electrons. The number of para-hydroxylation sites is 1. The zero-order valence-electron chi connectivity index (χ0n) is 15.7. The van der Waals surface area contributed by atoms with E-state index >= 15 is 0 Å². The fraction of sp³-hybridized carbons (Fsp3) is 0.227. The van der Waals surface area contributed by atoms with E-state index in [-0.39, 0.29) is 24.3 Å². The van der Waals surface area contributed by atoms with Crippen LogP contribution in [0.5, 0.6) is 0 Å². The van der Waals surface area contributed by atoms with Crippen molar-refractivity contribution < 1.29 is 9.59 Å². The average Bonchev–Trinajstić information content (AvgIpc) is 3.38. The summed E-state index contributed by atoms with van der Waals surface area (Å²) < 4.78 is 0. The van der Waals surface area contributed by atoms with Crippen LogP contribution in [-0.2, 0) is 9.59 Å². The number of anilines is 2. The second kappa shape index (κ2) is 7.00. The van der Waals surface area contributed by atoms with E-state index in [1.54, 1.807) is 4.90 Å². The second-order valence-electron chi connectivity index (χ2n) is 7.48. The van der Waals surface area contributed by atoms with Gasteiger partial charge in [-0.15, -0.1) is 0 Å². The van der Waals surface area contributed by atoms with Crippen molar-refractivity contribution >= 4 is 51.4 Å². The van der Waals surface area contributed by atoms with E-state index in [0.29, 0.717) is 10.8 Å². The van der Waals surface area contributed by atoms with Crippen molar-refractivity contribution in [1.29, 1.82) is 0 Å². The van der Waals surface area contributed by atoms with Gasteiger partial charge in [0.05, 0.1) is 12.1 Å². The number of amides is 2. The van der Waals surface area contributed by atoms with Crippen LogP contribution in [0.1, 0.15) is 19.3 Å². The van der Waals surface area contributed by atoms with Crippen LogP contribution >= 0.6 is 12.2 Å². The maximum absolute atomic E-state index is 13.2. The first-order valence-electron chi connectivity index (χ1n) is 9.70. The molecule has 2 amide bonds. The molecule has 29 heavy (non-hydrogen) atoms. The highest BCUT2D eigenvalue weighted by atomic mass is 32.1. The summed E-state index contributed by atoms with van der Waals surface area (Å²) in [5.41, 5.74) is 2.40. The van der Waals surface area contributed by atoms with E-state index in [1.165, 1.54) is 0 Å². The van der Waals surface area contributed by atoms with Gasteiger partial charge in [-0.1, -0.05) is 24.3 Å². The van der Waals surface area contributed by atoms with Gasteiger partial charge in [0, 0.05) is 23.4 Å². The van der Waals surface area contributed by atoms with Gasteiger partial charge >= 0.3 is 0 Å². The van der Waals surface area contributed by atoms with Gasteiger partial charge in [0.25, 0.3) is 5.91 Å². The lowest BCUT2D eigenvalue weighted by atomic mass is 10.1. The van der Waals surface area contributed by atoms with Crippen LogP contribution < -0.4 is 10.2 Å². The third-order valence-corrected chi connectivity index (χ3v) is 5.82. The monoisotopic (exact) mass is 404 g/mol. The van der Waals surface area contributed by atoms with E-state index in [2.05, 4.69) is 10.3 Å². The Kier molecular flexibility index (Phi) is 4.32. The molecular formula is C22H20N4O2S. The number of nitrogens with one attached hydrogen (secondary N) is 2. The van der Waals surface area contributed by atoms with Gasteiger partial charge in [0.15, 0.2) is 5.11 Å². The fourth-order valence-electron chi connectivity index (χ4n) is 3.89. The van der Waals surface area contributed by atoms with Crippen LogP contribution in [0.3, 0.4) is 0 Å². The number of nitrogens with zero attached hydrogens (tertiary/aromatic N) is 2. The molecule has 7 heteroatoms. The summed E-state index contributed by atoms with van der Waals surface area (Å²) in [7, 11) is 0. The number of thiocarbonyl (C=S) groups is 1. The first kappa shape index (κ1) is 17.9. The first-order valence-corrected chi connectivity index (χ1v) is 10.1. The molecule has 0 radical (unpaired) electrons. The molecule has 1 unspecified atom stereocenters. The summed E-state index contributed by atoms with van der Waals surface area (Å²) in [6, 6.07) is 16.7. The highest BCUT2D eigenvalue weighted by Crippen LogP contribution is 2.37. The molecule has 6 nitrogen and oxygen atoms in total. The molecule has 3 aromatic rings. The molecule has 1 atom stereocenters. The molecule has 2 fully saturated rings. The van der Waals surface area contributed by atoms with Crippen molar-refractivity contribution in [3.8, 4) is 0 Å². The van der Waals surface area contributed by atoms with Crippen LogP contribution in [0.2, 0.25) is 0 Å². The predicted octanol–water partition coefficient (Wildman–Crippen LogP) is 3.66. The zero-order valence-corrected chi connectivity index (χ0v) is 16.5. The van der Waals surface area contributed by atoms with Gasteiger partial charge < -0.3 is 15.2 Å². The normalized spacial score (nSPS) is 19.2. The van der Waals surface area contributed by atoms with Crippen molar-refractivity contribution in [2.75, 3.05) is 10.2 Å². The number of fused-ring (bicyclic) bond motifs is 1. The predicted molar refractivity (Wildman–Crippen MR) is 117 cm³/mol. The van der Waals surface area contributed by atoms with Crippen LogP contribution in [0.25, 0.3) is 10.9 Å². The molecule has 1 saturated carbocycles. The summed E-state index contributed by atoms with van der Waals surface area (Å²) in [6.45, 7) is 0. The summed E-state index contributed by atoms with van der Waals surface area (Å²) in [5.74, 6) is -0.333. The smallest absolute Gasteiger partial charge is 0.256 e. The highest BCUT2D eigenvalue weighted by molar-refractivity contribution is 7.80. The third-order valence-electron chi connectivity index (χ3n) is 5.43. The van der Waals surface area contributed by atoms with Crippen molar-refractivity contribution in [2.24, 2.45) is 0 Å². The standard InChI is InChI=1S/C22H20N4O2S/c27-20(24-15-7-6-14-10-11-23-18(14)12-15)13-19-21(28)26(16-4-2-1-3-5-16)22(29)25(19)17-8-9-17/h1-7,10-12,17,19,23H,8-9,13H2,(H,24,27). The molecule has 2 N–H and O–H groups in total. The fourth-order valence-corrected chi connectivity index (χ4v) is 4.36. The lowest BCUT2D eigenvalue weighted by molar-refractivity contribution is -0.124. The van der Waals surface area contributed by atoms with Crippen LogP contribution in [0, 0.1) is 0 Å². The molecule has 1 aliphatic heterocycles. The van der Waals surface area contributed by atoms with Gasteiger partial charge in [0.2, 0.25) is 5.91 Å². The summed E-state index contributed by atoms with van der Waals surface area (Å²) >= 11 is 5.64. The Morgan fingerprint density at radius 1 is 1.14 bits per heavy atom. The average molecular weight is 404 g/mol. The Morgan fingerprint density at radius 2 is 1.93 bits per heavy atom. The molecule has 2 aromatic carbocycles. The number of hydrogen-bond acceptors (Lipinski definition) is 3. The first-order chi connectivity index (χ1) is 14.1. The van der Waals surface area contributed by atoms with Gasteiger partial charge in [-0.25, -0.2) is 0 Å². The van der Waals surface area contributed by atoms with Gasteiger partial charge in [-0.2, -0.15) is 0 Å². The quantitative estimate of drug-likeness (QED) is 0.637. The largest absolute Gasteiger partial charge is 0.361 e. The minimum atomic E-state index is -0.565. The number of hydrogen-bond donors (Lipinski definition) is 2. The van der Waals surface area contributed by atoms with E-state index in [0.717, 1.165) is 29.4 Å². The molecular weight excluding hydrogens is 384 g/mol. The molecule has 2 aliphatic rings. The minimum absolute atomic E-state index is 0.0710. The molecule has 0 bridgehead atoms. The Morgan fingerprint density at radius 3 is 2.69 bits per heavy atom. The number of rotatable bonds is 5. The van der Waals surface area contributed by atoms with Crippen molar-refractivity contribution in [3.05, 3.63) is 60.8 Å². The van der Waals surface area contributed by atoms with Crippen LogP contribution in [-0.4, -0.2) is 38.9 Å². The Bertz CT molecular complexity index is 1110. The Balaban J connectivity index is 1.36. The molecule has 1 aromatic heterocycles. The summed E-state index contributed by atoms with van der Waals surface area (Å²) in [6.07, 6.45) is 3.93. The summed E-state index contributed by atoms with van der Waals surface area (Å²) in [4.78, 5) is 32.6. The van der Waals surface area contributed by atoms with E-state index in [4.69, 9.17) is 12.2 Å². The number of aromatic nitrogens is 1. The Labute approximate surface area is 173 Å². The lowest BCUT2D eigenvalue weighted by Gasteiger charge is -2.23. The highest BCUT2D eigenvalue weighted by Gasteiger charge is 2.49. The van der Waals surface area contributed by atoms with E-state index in [9.17, 15) is 9.59 Å². The number of benzene rings is 2. The van der Waals surface area contributed by atoms with Crippen molar-refractivity contribution in [1.82, 2.24) is 9.88 Å². The Hall–Kier alpha value is -3.19. The van der Waals surface area contributed by atoms with Crippen LogP contribution in [0.4, 0.5) is 11.4 Å². The molecule has 0 spiro atoms. The van der Waals surface area contributed by atoms with Gasteiger partial charge in [-0.05, 0) is 60.8 Å². The minimum Gasteiger partial charge on any atom is -0.361 e. The lowest BCUT2D eigenvalue weighted by Crippen LogP contribution is -2.39. The maximum atomic E-state index is 13.2. The van der Waals surface area contributed by atoms with Gasteiger partial charge in [0.1, 0.15) is 6.04 Å². The number of aromatic amines is 1. The van der Waals surface area contributed by atoms with Gasteiger partial charge in [-0.3, -0.25) is 14.5 Å². The van der Waals surface area contributed by atoms with Crippen LogP contribution in [0.15, 0.2) is 60.8 Å². The third kappa shape index (κ3) is 3.27. The molecule has 1 aliphatic carbocycles. The second-order valence-corrected chi connectivity index (χ2v) is 7.84. The topological polar surface area (TPSA) is 68.4 Å². The number of carbonyl (C=O) groups is 2. The number of H-pyrrole nitrogens is 1. The molecule has 5 rings (SSSR count). The number of carbonyl (C=O) groups excluding carboxylic acids is 2. The van der Waals surface area contributed by atoms with E-state index < -0.39 is 6.04 Å².